The summed E-state index contributed by atoms with van der Waals surface area (Å²) in [7, 11) is -4.02. The molecule has 0 spiro atoms. The first-order valence-corrected chi connectivity index (χ1v) is 14.7. The highest BCUT2D eigenvalue weighted by molar-refractivity contribution is 8.26. The topological polar surface area (TPSA) is 86.8 Å². The molecule has 190 valence electrons. The van der Waals surface area contributed by atoms with E-state index in [9.17, 15) is 18.0 Å². The molecule has 0 aliphatic carbocycles. The summed E-state index contributed by atoms with van der Waals surface area (Å²) in [4.78, 5) is 29.2. The van der Waals surface area contributed by atoms with Gasteiger partial charge in [-0.3, -0.25) is 14.5 Å². The maximum Gasteiger partial charge on any atom is 0.266 e. The van der Waals surface area contributed by atoms with Gasteiger partial charge in [0.05, 0.1) is 9.80 Å². The van der Waals surface area contributed by atoms with E-state index in [2.05, 4.69) is 24.0 Å². The average Bonchev–Trinajstić information content (AvgIpc) is 3.12. The SMILES string of the molecule is CCCC1CCN(c2ccc(C=C3SC(=S)N(CC(=O)NS(=O)(=O)c4ccccc4)C3=O)cc2)CC1. The maximum atomic E-state index is 12.9. The summed E-state index contributed by atoms with van der Waals surface area (Å²) in [5, 5.41) is 0. The minimum absolute atomic E-state index is 0.0302. The molecule has 2 fully saturated rings. The number of sulfonamides is 1. The van der Waals surface area contributed by atoms with Crippen molar-refractivity contribution in [1.29, 1.82) is 0 Å². The molecule has 0 aromatic heterocycles. The fourth-order valence-corrected chi connectivity index (χ4v) is 6.69. The lowest BCUT2D eigenvalue weighted by Gasteiger charge is -2.33. The molecule has 0 atom stereocenters. The highest BCUT2D eigenvalue weighted by atomic mass is 32.2. The third-order valence-corrected chi connectivity index (χ3v) is 9.11. The van der Waals surface area contributed by atoms with E-state index in [1.165, 1.54) is 43.5 Å². The van der Waals surface area contributed by atoms with Crippen molar-refractivity contribution < 1.29 is 18.0 Å². The standard InChI is InChI=1S/C26H29N3O4S3/c1-2-6-19-13-15-28(16-14-19)21-11-9-20(10-12-21)17-23-25(31)29(26(34)35-23)18-24(30)27-36(32,33)22-7-4-3-5-8-22/h3-5,7-12,17,19H,2,6,13-16,18H2,1H3,(H,27,30). The van der Waals surface area contributed by atoms with E-state index in [0.717, 1.165) is 41.2 Å². The molecule has 0 bridgehead atoms. The molecular weight excluding hydrogens is 515 g/mol. The first-order valence-electron chi connectivity index (χ1n) is 12.0. The molecule has 4 rings (SSSR count). The second kappa shape index (κ2) is 11.6. The number of carbonyl (C=O) groups is 2. The van der Waals surface area contributed by atoms with Crippen molar-refractivity contribution >= 4 is 61.9 Å². The molecule has 2 aliphatic rings. The highest BCUT2D eigenvalue weighted by Gasteiger charge is 2.34. The van der Waals surface area contributed by atoms with Crippen LogP contribution in [-0.2, 0) is 19.6 Å². The number of amides is 2. The fourth-order valence-electron chi connectivity index (χ4n) is 4.44. The van der Waals surface area contributed by atoms with E-state index in [4.69, 9.17) is 12.2 Å². The Bertz CT molecular complexity index is 1250. The lowest BCUT2D eigenvalue weighted by Crippen LogP contribution is -2.41. The molecule has 2 aliphatic heterocycles. The molecule has 0 saturated carbocycles. The van der Waals surface area contributed by atoms with Gasteiger partial charge in [-0.15, -0.1) is 0 Å². The molecule has 2 amide bonds. The fraction of sp³-hybridized carbons (Fsp3) is 0.346. The maximum absolute atomic E-state index is 12.9. The van der Waals surface area contributed by atoms with Gasteiger partial charge in [-0.25, -0.2) is 13.1 Å². The number of hydrogen-bond donors (Lipinski definition) is 1. The van der Waals surface area contributed by atoms with Gasteiger partial charge >= 0.3 is 0 Å². The predicted molar refractivity (Wildman–Crippen MR) is 148 cm³/mol. The molecule has 2 aromatic rings. The number of piperidine rings is 1. The van der Waals surface area contributed by atoms with E-state index in [1.54, 1.807) is 24.3 Å². The van der Waals surface area contributed by atoms with Gasteiger partial charge in [-0.2, -0.15) is 0 Å². The van der Waals surface area contributed by atoms with E-state index in [0.29, 0.717) is 4.91 Å². The third-order valence-electron chi connectivity index (χ3n) is 6.34. The van der Waals surface area contributed by atoms with Crippen LogP contribution in [0.2, 0.25) is 0 Å². The summed E-state index contributed by atoms with van der Waals surface area (Å²) in [6.45, 7) is 3.89. The highest BCUT2D eigenvalue weighted by Crippen LogP contribution is 2.33. The van der Waals surface area contributed by atoms with Crippen LogP contribution in [0.5, 0.6) is 0 Å². The summed E-state index contributed by atoms with van der Waals surface area (Å²) in [5.74, 6) is -0.421. The Balaban J connectivity index is 1.36. The molecular formula is C26H29N3O4S3. The van der Waals surface area contributed by atoms with Gasteiger partial charge in [-0.1, -0.05) is 74.1 Å². The van der Waals surface area contributed by atoms with Crippen LogP contribution in [0.15, 0.2) is 64.4 Å². The van der Waals surface area contributed by atoms with Gasteiger partial charge in [0.15, 0.2) is 0 Å². The average molecular weight is 544 g/mol. The van der Waals surface area contributed by atoms with E-state index in [1.807, 2.05) is 16.9 Å². The van der Waals surface area contributed by atoms with Crippen LogP contribution >= 0.6 is 24.0 Å². The van der Waals surface area contributed by atoms with Crippen LogP contribution in [0.4, 0.5) is 5.69 Å². The summed E-state index contributed by atoms with van der Waals surface area (Å²) in [6, 6.07) is 15.6. The van der Waals surface area contributed by atoms with Crippen molar-refractivity contribution in [2.24, 2.45) is 5.92 Å². The van der Waals surface area contributed by atoms with Crippen molar-refractivity contribution in [2.45, 2.75) is 37.5 Å². The summed E-state index contributed by atoms with van der Waals surface area (Å²) in [5.41, 5.74) is 2.03. The number of thioether (sulfide) groups is 1. The van der Waals surface area contributed by atoms with Crippen LogP contribution < -0.4 is 9.62 Å². The Morgan fingerprint density at radius 2 is 1.78 bits per heavy atom. The lowest BCUT2D eigenvalue weighted by molar-refractivity contribution is -0.127. The van der Waals surface area contributed by atoms with E-state index < -0.39 is 28.4 Å². The number of thiocarbonyl (C=S) groups is 1. The van der Waals surface area contributed by atoms with Gasteiger partial charge in [0.2, 0.25) is 0 Å². The Morgan fingerprint density at radius 1 is 1.11 bits per heavy atom. The lowest BCUT2D eigenvalue weighted by atomic mass is 9.92. The quantitative estimate of drug-likeness (QED) is 0.390. The second-order valence-corrected chi connectivity index (χ2v) is 12.3. The first-order chi connectivity index (χ1) is 17.3. The first kappa shape index (κ1) is 26.4. The number of rotatable bonds is 8. The number of nitrogens with zero attached hydrogens (tertiary/aromatic N) is 2. The largest absolute Gasteiger partial charge is 0.372 e. The molecule has 0 radical (unpaired) electrons. The molecule has 36 heavy (non-hydrogen) atoms. The Morgan fingerprint density at radius 3 is 2.42 bits per heavy atom. The predicted octanol–water partition coefficient (Wildman–Crippen LogP) is 4.41. The van der Waals surface area contributed by atoms with E-state index in [-0.39, 0.29) is 9.22 Å². The van der Waals surface area contributed by atoms with Crippen molar-refractivity contribution in [3.8, 4) is 0 Å². The van der Waals surface area contributed by atoms with Crippen molar-refractivity contribution in [2.75, 3.05) is 24.5 Å². The normalized spacial score (nSPS) is 18.2. The number of anilines is 1. The van der Waals surface area contributed by atoms with Gasteiger partial charge in [0.1, 0.15) is 10.9 Å². The van der Waals surface area contributed by atoms with Gasteiger partial charge in [-0.05, 0) is 54.7 Å². The Labute approximate surface area is 222 Å². The van der Waals surface area contributed by atoms with Crippen LogP contribution in [-0.4, -0.2) is 49.1 Å². The van der Waals surface area contributed by atoms with Crippen molar-refractivity contribution in [1.82, 2.24) is 9.62 Å². The van der Waals surface area contributed by atoms with Crippen molar-refractivity contribution in [3.05, 3.63) is 65.1 Å². The molecule has 10 heteroatoms. The molecule has 2 aromatic carbocycles. The monoisotopic (exact) mass is 543 g/mol. The van der Waals surface area contributed by atoms with Crippen LogP contribution in [0.3, 0.4) is 0 Å². The van der Waals surface area contributed by atoms with Crippen LogP contribution in [0.25, 0.3) is 6.08 Å². The van der Waals surface area contributed by atoms with Gasteiger partial charge in [0, 0.05) is 18.8 Å². The number of benzene rings is 2. The minimum Gasteiger partial charge on any atom is -0.372 e. The van der Waals surface area contributed by atoms with Gasteiger partial charge < -0.3 is 4.90 Å². The zero-order valence-corrected chi connectivity index (χ0v) is 22.5. The summed E-state index contributed by atoms with van der Waals surface area (Å²) >= 11 is 6.39. The van der Waals surface area contributed by atoms with Crippen LogP contribution in [0, 0.1) is 5.92 Å². The zero-order valence-electron chi connectivity index (χ0n) is 20.1. The number of nitrogens with one attached hydrogen (secondary N) is 1. The zero-order chi connectivity index (χ0) is 25.7. The smallest absolute Gasteiger partial charge is 0.266 e. The molecule has 1 N–H and O–H groups in total. The Hall–Kier alpha value is -2.69. The second-order valence-electron chi connectivity index (χ2n) is 8.92. The number of carbonyl (C=O) groups excluding carboxylic acids is 2. The molecule has 7 nitrogen and oxygen atoms in total. The Kier molecular flexibility index (Phi) is 8.48. The van der Waals surface area contributed by atoms with Crippen LogP contribution in [0.1, 0.15) is 38.2 Å². The summed E-state index contributed by atoms with van der Waals surface area (Å²) in [6.07, 6.45) is 6.73. The van der Waals surface area contributed by atoms with E-state index >= 15 is 0 Å². The molecule has 2 saturated heterocycles. The summed E-state index contributed by atoms with van der Waals surface area (Å²) < 4.78 is 27.0. The molecule has 2 heterocycles. The molecule has 0 unspecified atom stereocenters. The minimum atomic E-state index is -4.02. The number of hydrogen-bond acceptors (Lipinski definition) is 7. The van der Waals surface area contributed by atoms with Crippen molar-refractivity contribution in [3.63, 3.8) is 0 Å². The van der Waals surface area contributed by atoms with Gasteiger partial charge in [0.25, 0.3) is 21.8 Å². The third kappa shape index (κ3) is 6.35.